The van der Waals surface area contributed by atoms with Crippen molar-refractivity contribution >= 4 is 13.6 Å². The second-order valence-corrected chi connectivity index (χ2v) is 3.63. The molecule has 0 aliphatic carbocycles. The molecule has 0 amide bonds. The van der Waals surface area contributed by atoms with Crippen LogP contribution in [0.25, 0.3) is 0 Å². The van der Waals surface area contributed by atoms with Crippen molar-refractivity contribution in [1.29, 1.82) is 0 Å². The summed E-state index contributed by atoms with van der Waals surface area (Å²) in [5, 5.41) is 8.26. The highest BCUT2D eigenvalue weighted by molar-refractivity contribution is 7.55. The third-order valence-corrected chi connectivity index (χ3v) is 1.61. The van der Waals surface area contributed by atoms with Crippen LogP contribution in [0.3, 0.4) is 0 Å². The van der Waals surface area contributed by atoms with E-state index in [9.17, 15) is 9.36 Å². The molecule has 0 aromatic rings. The maximum absolute atomic E-state index is 10.2. The van der Waals surface area contributed by atoms with Gasteiger partial charge in [0.1, 0.15) is 6.04 Å². The van der Waals surface area contributed by atoms with Crippen molar-refractivity contribution < 1.29 is 24.3 Å². The number of hydrogen-bond donors (Lipinski definition) is 4. The molecule has 0 unspecified atom stereocenters. The molecule has 0 aromatic heterocycles. The molecule has 7 heteroatoms. The highest BCUT2D eigenvalue weighted by Crippen LogP contribution is 2.35. The molecule has 0 heterocycles. The molecule has 5 N–H and O–H groups in total. The van der Waals surface area contributed by atoms with Crippen LogP contribution in [0.2, 0.25) is 0 Å². The van der Waals surface area contributed by atoms with Gasteiger partial charge in [-0.2, -0.15) is 0 Å². The topological polar surface area (TPSA) is 121 Å². The molecule has 0 aliphatic heterocycles. The molecule has 0 radical (unpaired) electrons. The average molecular weight is 195 g/mol. The lowest BCUT2D eigenvalue weighted by molar-refractivity contribution is -0.138. The van der Waals surface area contributed by atoms with Crippen LogP contribution in [-0.2, 0) is 9.36 Å². The molecule has 0 bridgehead atoms. The van der Waals surface area contributed by atoms with E-state index in [4.69, 9.17) is 20.6 Å². The number of aliphatic carboxylic acids is 1. The van der Waals surface area contributed by atoms with Crippen molar-refractivity contribution in [3.8, 4) is 0 Å². The normalized spacial score (nSPS) is 14.9. The monoisotopic (exact) mass is 195 g/mol. The Balaban J connectivity index is 3.92. The van der Waals surface area contributed by atoms with Crippen molar-refractivity contribution in [2.45, 2.75) is 12.5 Å². The van der Waals surface area contributed by atoms with E-state index in [1.165, 1.54) is 0 Å². The van der Waals surface area contributed by atoms with Gasteiger partial charge in [-0.15, -0.1) is 0 Å². The lowest BCUT2D eigenvalue weighted by Gasteiger charge is -2.00. The van der Waals surface area contributed by atoms with Gasteiger partial charge in [0, 0.05) is 5.82 Å². The molecule has 12 heavy (non-hydrogen) atoms. The van der Waals surface area contributed by atoms with Crippen LogP contribution in [-0.4, -0.2) is 26.9 Å². The van der Waals surface area contributed by atoms with Crippen LogP contribution in [0, 0.1) is 0 Å². The second-order valence-electron chi connectivity index (χ2n) is 2.15. The molecule has 6 nitrogen and oxygen atoms in total. The lowest BCUT2D eigenvalue weighted by atomic mass is 10.2. The van der Waals surface area contributed by atoms with Crippen LogP contribution >= 0.6 is 7.60 Å². The fraction of sp³-hybridized carbons (Fsp3) is 0.400. The van der Waals surface area contributed by atoms with Crippen LogP contribution in [0.5, 0.6) is 0 Å². The maximum Gasteiger partial charge on any atom is 0.348 e. The van der Waals surface area contributed by atoms with Gasteiger partial charge in [-0.1, -0.05) is 6.08 Å². The van der Waals surface area contributed by atoms with Crippen LogP contribution in [0.1, 0.15) is 6.42 Å². The fourth-order valence-corrected chi connectivity index (χ4v) is 0.842. The van der Waals surface area contributed by atoms with Crippen molar-refractivity contribution in [3.05, 3.63) is 11.9 Å². The van der Waals surface area contributed by atoms with Crippen LogP contribution < -0.4 is 5.73 Å². The summed E-state index contributed by atoms with van der Waals surface area (Å²) < 4.78 is 10.2. The van der Waals surface area contributed by atoms with Gasteiger partial charge in [0.15, 0.2) is 0 Å². The first-order valence-corrected chi connectivity index (χ1v) is 4.72. The molecule has 0 spiro atoms. The zero-order valence-electron chi connectivity index (χ0n) is 6.12. The van der Waals surface area contributed by atoms with Crippen LogP contribution in [0.4, 0.5) is 0 Å². The third kappa shape index (κ3) is 6.06. The third-order valence-electron chi connectivity index (χ3n) is 1.01. The Labute approximate surface area is 68.9 Å². The first-order valence-electron chi connectivity index (χ1n) is 3.04. The Morgan fingerprint density at radius 2 is 2.08 bits per heavy atom. The van der Waals surface area contributed by atoms with Crippen molar-refractivity contribution in [3.63, 3.8) is 0 Å². The summed E-state index contributed by atoms with van der Waals surface area (Å²) in [6, 6.07) is -1.12. The summed E-state index contributed by atoms with van der Waals surface area (Å²) in [4.78, 5) is 26.7. The number of carbonyl (C=O) groups is 1. The molecule has 70 valence electrons. The molecule has 0 aliphatic rings. The van der Waals surface area contributed by atoms with Gasteiger partial charge >= 0.3 is 13.6 Å². The molecule has 0 fully saturated rings. The molecule has 1 atom stereocenters. The average Bonchev–Trinajstić information content (AvgIpc) is 1.84. The van der Waals surface area contributed by atoms with Gasteiger partial charge in [0.25, 0.3) is 0 Å². The van der Waals surface area contributed by atoms with E-state index in [1.54, 1.807) is 0 Å². The number of rotatable bonds is 4. The van der Waals surface area contributed by atoms with Gasteiger partial charge in [-0.3, -0.25) is 9.36 Å². The zero-order chi connectivity index (χ0) is 9.78. The largest absolute Gasteiger partial charge is 0.480 e. The summed E-state index contributed by atoms with van der Waals surface area (Å²) in [5.41, 5.74) is 5.04. The molecular weight excluding hydrogens is 185 g/mol. The van der Waals surface area contributed by atoms with Crippen LogP contribution in [0.15, 0.2) is 11.9 Å². The smallest absolute Gasteiger partial charge is 0.348 e. The second kappa shape index (κ2) is 4.37. The van der Waals surface area contributed by atoms with E-state index in [2.05, 4.69) is 0 Å². The first-order chi connectivity index (χ1) is 5.33. The minimum Gasteiger partial charge on any atom is -0.480 e. The predicted octanol–water partition coefficient (Wildman–Crippen LogP) is -0.520. The van der Waals surface area contributed by atoms with Gasteiger partial charge in [0.2, 0.25) is 0 Å². The van der Waals surface area contributed by atoms with E-state index >= 15 is 0 Å². The Morgan fingerprint density at radius 3 is 2.42 bits per heavy atom. The molecule has 0 saturated heterocycles. The van der Waals surface area contributed by atoms with E-state index in [1.807, 2.05) is 0 Å². The van der Waals surface area contributed by atoms with Gasteiger partial charge < -0.3 is 20.6 Å². The minimum absolute atomic E-state index is 0.0968. The van der Waals surface area contributed by atoms with E-state index < -0.39 is 19.6 Å². The van der Waals surface area contributed by atoms with Crippen molar-refractivity contribution in [2.24, 2.45) is 5.73 Å². The fourth-order valence-electron chi connectivity index (χ4n) is 0.446. The number of carboxylic acids is 1. The minimum atomic E-state index is -4.18. The summed E-state index contributed by atoms with van der Waals surface area (Å²) in [6.45, 7) is 0. The first kappa shape index (κ1) is 11.3. The summed E-state index contributed by atoms with van der Waals surface area (Å²) in [7, 11) is -4.18. The molecular formula is C5H10NO5P. The highest BCUT2D eigenvalue weighted by atomic mass is 31.2. The lowest BCUT2D eigenvalue weighted by Crippen LogP contribution is -2.29. The summed E-state index contributed by atoms with van der Waals surface area (Å²) in [5.74, 6) is -0.569. The molecule has 0 saturated carbocycles. The van der Waals surface area contributed by atoms with E-state index in [0.29, 0.717) is 5.82 Å². The van der Waals surface area contributed by atoms with Crippen molar-refractivity contribution in [1.82, 2.24) is 0 Å². The number of nitrogens with two attached hydrogens (primary N) is 1. The SMILES string of the molecule is N[C@@H](C/C=C/P(=O)(O)O)C(=O)O. The van der Waals surface area contributed by atoms with Gasteiger partial charge in [-0.25, -0.2) is 0 Å². The Hall–Kier alpha value is -0.680. The highest BCUT2D eigenvalue weighted by Gasteiger charge is 2.10. The maximum atomic E-state index is 10.2. The van der Waals surface area contributed by atoms with E-state index in [0.717, 1.165) is 6.08 Å². The van der Waals surface area contributed by atoms with Gasteiger partial charge in [0.05, 0.1) is 0 Å². The Bertz CT molecular complexity index is 232. The number of hydrogen-bond acceptors (Lipinski definition) is 3. The Morgan fingerprint density at radius 1 is 1.58 bits per heavy atom. The van der Waals surface area contributed by atoms with Gasteiger partial charge in [-0.05, 0) is 6.42 Å². The van der Waals surface area contributed by atoms with E-state index in [-0.39, 0.29) is 6.42 Å². The quantitative estimate of drug-likeness (QED) is 0.448. The summed E-state index contributed by atoms with van der Waals surface area (Å²) in [6.07, 6.45) is 0.958. The standard InChI is InChI=1S/C5H10NO5P/c6-4(5(7)8)2-1-3-12(9,10)11/h1,3-4H,2,6H2,(H,7,8)(H2,9,10,11)/b3-1+/t4-/m0/s1. The summed E-state index contributed by atoms with van der Waals surface area (Å²) >= 11 is 0. The predicted molar refractivity (Wildman–Crippen MR) is 41.4 cm³/mol. The molecule has 0 rings (SSSR count). The Kier molecular flexibility index (Phi) is 4.12. The van der Waals surface area contributed by atoms with Crippen molar-refractivity contribution in [2.75, 3.05) is 0 Å². The number of carboxylic acid groups (broad SMARTS) is 1. The molecule has 0 aromatic carbocycles. The zero-order valence-corrected chi connectivity index (χ0v) is 7.02.